The van der Waals surface area contributed by atoms with Crippen LogP contribution in [0, 0.1) is 25.2 Å². The van der Waals surface area contributed by atoms with Gasteiger partial charge in [-0.3, -0.25) is 4.79 Å². The Morgan fingerprint density at radius 1 is 1.04 bits per heavy atom. The number of amides is 1. The van der Waals surface area contributed by atoms with Crippen LogP contribution in [0.4, 0.5) is 11.4 Å². The minimum atomic E-state index is -0.534. The number of hydrogen-bond donors (Lipinski definition) is 2. The highest BCUT2D eigenvalue weighted by atomic mass is 35.5. The van der Waals surface area contributed by atoms with Crippen molar-refractivity contribution in [2.45, 2.75) is 13.8 Å². The average molecular weight is 360 g/mol. The van der Waals surface area contributed by atoms with E-state index in [9.17, 15) is 10.1 Å². The van der Waals surface area contributed by atoms with Gasteiger partial charge in [0.2, 0.25) is 0 Å². The zero-order chi connectivity index (χ0) is 17.7. The third kappa shape index (κ3) is 4.76. The van der Waals surface area contributed by atoms with Crippen molar-refractivity contribution in [2.24, 2.45) is 0 Å². The molecule has 0 aliphatic rings. The first kappa shape index (κ1) is 17.9. The minimum Gasteiger partial charge on any atom is -0.360 e. The molecule has 1 amide bonds. The molecule has 0 spiro atoms. The number of nitrogens with zero attached hydrogens (tertiary/aromatic N) is 1. The van der Waals surface area contributed by atoms with E-state index in [0.717, 1.165) is 16.8 Å². The van der Waals surface area contributed by atoms with Gasteiger partial charge in [-0.1, -0.05) is 29.3 Å². The Hall–Kier alpha value is -2.48. The summed E-state index contributed by atoms with van der Waals surface area (Å²) in [6.45, 7) is 3.95. The van der Waals surface area contributed by atoms with Crippen molar-refractivity contribution in [3.63, 3.8) is 0 Å². The molecule has 2 rings (SSSR count). The molecule has 0 fully saturated rings. The molecule has 2 aromatic carbocycles. The van der Waals surface area contributed by atoms with Gasteiger partial charge in [0.1, 0.15) is 11.6 Å². The Kier molecular flexibility index (Phi) is 5.86. The van der Waals surface area contributed by atoms with Crippen molar-refractivity contribution < 1.29 is 4.79 Å². The summed E-state index contributed by atoms with van der Waals surface area (Å²) < 4.78 is 0. The highest BCUT2D eigenvalue weighted by molar-refractivity contribution is 6.42. The van der Waals surface area contributed by atoms with E-state index in [2.05, 4.69) is 10.6 Å². The Morgan fingerprint density at radius 3 is 2.29 bits per heavy atom. The quantitative estimate of drug-likeness (QED) is 0.591. The number of rotatable bonds is 4. The molecule has 0 unspecified atom stereocenters. The number of aryl methyl sites for hydroxylation is 2. The molecular formula is C18H15Cl2N3O. The molecule has 2 N–H and O–H groups in total. The fraction of sp³-hybridized carbons (Fsp3) is 0.111. The van der Waals surface area contributed by atoms with Crippen LogP contribution >= 0.6 is 23.2 Å². The van der Waals surface area contributed by atoms with Crippen LogP contribution < -0.4 is 10.6 Å². The molecule has 0 saturated heterocycles. The highest BCUT2D eigenvalue weighted by Gasteiger charge is 2.10. The number of anilines is 2. The van der Waals surface area contributed by atoms with Gasteiger partial charge in [-0.05, 0) is 55.3 Å². The van der Waals surface area contributed by atoms with Crippen LogP contribution in [0.3, 0.4) is 0 Å². The summed E-state index contributed by atoms with van der Waals surface area (Å²) in [6.07, 6.45) is 1.38. The van der Waals surface area contributed by atoms with Gasteiger partial charge in [0.25, 0.3) is 5.91 Å². The highest BCUT2D eigenvalue weighted by Crippen LogP contribution is 2.25. The molecule has 2 aromatic rings. The fourth-order valence-corrected chi connectivity index (χ4v) is 2.43. The SMILES string of the molecule is Cc1cc(C)cc(N/C=C(/C#N)C(=O)Nc2ccc(Cl)c(Cl)c2)c1. The maximum absolute atomic E-state index is 12.2. The molecule has 24 heavy (non-hydrogen) atoms. The van der Waals surface area contributed by atoms with Crippen LogP contribution in [-0.4, -0.2) is 5.91 Å². The minimum absolute atomic E-state index is 0.0553. The van der Waals surface area contributed by atoms with E-state index in [0.29, 0.717) is 15.7 Å². The molecule has 0 saturated carbocycles. The summed E-state index contributed by atoms with van der Waals surface area (Å²) in [6, 6.07) is 12.5. The third-order valence-corrected chi connectivity index (χ3v) is 3.89. The molecule has 122 valence electrons. The van der Waals surface area contributed by atoms with Crippen LogP contribution in [0.1, 0.15) is 11.1 Å². The van der Waals surface area contributed by atoms with E-state index in [1.54, 1.807) is 12.1 Å². The molecule has 0 atom stereocenters. The van der Waals surface area contributed by atoms with E-state index in [1.807, 2.05) is 38.1 Å². The van der Waals surface area contributed by atoms with Gasteiger partial charge in [0.05, 0.1) is 10.0 Å². The summed E-state index contributed by atoms with van der Waals surface area (Å²) in [7, 11) is 0. The lowest BCUT2D eigenvalue weighted by atomic mass is 10.1. The summed E-state index contributed by atoms with van der Waals surface area (Å²) in [5.74, 6) is -0.534. The second-order valence-corrected chi connectivity index (χ2v) is 6.09. The summed E-state index contributed by atoms with van der Waals surface area (Å²) >= 11 is 11.7. The lowest BCUT2D eigenvalue weighted by Gasteiger charge is -2.07. The summed E-state index contributed by atoms with van der Waals surface area (Å²) in [5.41, 5.74) is 3.39. The van der Waals surface area contributed by atoms with Gasteiger partial charge in [0.15, 0.2) is 0 Å². The van der Waals surface area contributed by atoms with Crippen molar-refractivity contribution in [3.8, 4) is 6.07 Å². The van der Waals surface area contributed by atoms with E-state index in [-0.39, 0.29) is 5.57 Å². The first-order valence-corrected chi connectivity index (χ1v) is 7.86. The van der Waals surface area contributed by atoms with Crippen LogP contribution in [0.5, 0.6) is 0 Å². The molecule has 0 aliphatic heterocycles. The van der Waals surface area contributed by atoms with Crippen LogP contribution in [0.15, 0.2) is 48.2 Å². The molecule has 0 aromatic heterocycles. The van der Waals surface area contributed by atoms with E-state index >= 15 is 0 Å². The molecule has 0 aliphatic carbocycles. The second-order valence-electron chi connectivity index (χ2n) is 5.27. The first-order valence-electron chi connectivity index (χ1n) is 7.10. The lowest BCUT2D eigenvalue weighted by molar-refractivity contribution is -0.112. The summed E-state index contributed by atoms with van der Waals surface area (Å²) in [5, 5.41) is 15.5. The van der Waals surface area contributed by atoms with Crippen LogP contribution in [-0.2, 0) is 4.79 Å². The molecule has 4 nitrogen and oxygen atoms in total. The van der Waals surface area contributed by atoms with E-state index in [4.69, 9.17) is 23.2 Å². The van der Waals surface area contributed by atoms with Crippen molar-refractivity contribution in [1.82, 2.24) is 0 Å². The van der Waals surface area contributed by atoms with Gasteiger partial charge in [-0.25, -0.2) is 0 Å². The van der Waals surface area contributed by atoms with Crippen LogP contribution in [0.25, 0.3) is 0 Å². The Labute approximate surface area is 150 Å². The van der Waals surface area contributed by atoms with Gasteiger partial charge >= 0.3 is 0 Å². The molecule has 0 heterocycles. The van der Waals surface area contributed by atoms with Gasteiger partial charge < -0.3 is 10.6 Å². The van der Waals surface area contributed by atoms with Crippen molar-refractivity contribution in [1.29, 1.82) is 5.26 Å². The number of carbonyl (C=O) groups excluding carboxylic acids is 1. The summed E-state index contributed by atoms with van der Waals surface area (Å²) in [4.78, 5) is 12.2. The molecule has 6 heteroatoms. The number of halogens is 2. The largest absolute Gasteiger partial charge is 0.360 e. The van der Waals surface area contributed by atoms with Gasteiger partial charge in [-0.15, -0.1) is 0 Å². The Bertz CT molecular complexity index is 834. The predicted molar refractivity (Wildman–Crippen MR) is 98.3 cm³/mol. The predicted octanol–water partition coefficient (Wildman–Crippen LogP) is 5.07. The first-order chi connectivity index (χ1) is 11.4. The van der Waals surface area contributed by atoms with Crippen molar-refractivity contribution >= 4 is 40.5 Å². The van der Waals surface area contributed by atoms with Gasteiger partial charge in [-0.2, -0.15) is 5.26 Å². The Morgan fingerprint density at radius 2 is 1.71 bits per heavy atom. The molecule has 0 radical (unpaired) electrons. The van der Waals surface area contributed by atoms with Crippen molar-refractivity contribution in [3.05, 3.63) is 69.3 Å². The smallest absolute Gasteiger partial charge is 0.267 e. The number of benzene rings is 2. The Balaban J connectivity index is 2.13. The number of nitrogens with one attached hydrogen (secondary N) is 2. The second kappa shape index (κ2) is 7.87. The van der Waals surface area contributed by atoms with Crippen molar-refractivity contribution in [2.75, 3.05) is 10.6 Å². The number of carbonyl (C=O) groups is 1. The average Bonchev–Trinajstić information content (AvgIpc) is 2.50. The number of hydrogen-bond acceptors (Lipinski definition) is 3. The molecule has 0 bridgehead atoms. The zero-order valence-corrected chi connectivity index (χ0v) is 14.7. The topological polar surface area (TPSA) is 64.9 Å². The lowest BCUT2D eigenvalue weighted by Crippen LogP contribution is -2.14. The normalized spacial score (nSPS) is 10.9. The van der Waals surface area contributed by atoms with Crippen LogP contribution in [0.2, 0.25) is 10.0 Å². The maximum atomic E-state index is 12.2. The third-order valence-electron chi connectivity index (χ3n) is 3.15. The fourth-order valence-electron chi connectivity index (χ4n) is 2.13. The standard InChI is InChI=1S/C18H15Cl2N3O/c1-11-5-12(2)7-15(6-11)22-10-13(9-21)18(24)23-14-3-4-16(19)17(20)8-14/h3-8,10,22H,1-2H3,(H,23,24)/b13-10-. The number of nitriles is 1. The zero-order valence-electron chi connectivity index (χ0n) is 13.2. The maximum Gasteiger partial charge on any atom is 0.267 e. The van der Waals surface area contributed by atoms with E-state index < -0.39 is 5.91 Å². The van der Waals surface area contributed by atoms with Gasteiger partial charge in [0, 0.05) is 17.6 Å². The molecular weight excluding hydrogens is 345 g/mol. The monoisotopic (exact) mass is 359 g/mol. The van der Waals surface area contributed by atoms with E-state index in [1.165, 1.54) is 12.3 Å².